The second kappa shape index (κ2) is 5.91. The molecule has 0 radical (unpaired) electrons. The Bertz CT molecular complexity index is 738. The molecule has 1 saturated carbocycles. The van der Waals surface area contributed by atoms with E-state index in [0.29, 0.717) is 11.4 Å². The fraction of sp³-hybridized carbons (Fsp3) is 0.474. The first-order valence-corrected chi connectivity index (χ1v) is 9.78. The minimum Gasteiger partial charge on any atom is -0.207 e. The number of aryl methyl sites for hydroxylation is 1. The second-order valence-corrected chi connectivity index (χ2v) is 8.68. The predicted molar refractivity (Wildman–Crippen MR) is 93.8 cm³/mol. The van der Waals surface area contributed by atoms with E-state index in [0.717, 1.165) is 42.4 Å². The predicted octanol–water partition coefficient (Wildman–Crippen LogP) is 4.20. The molecule has 0 unspecified atom stereocenters. The van der Waals surface area contributed by atoms with Gasteiger partial charge in [0, 0.05) is 6.54 Å². The summed E-state index contributed by atoms with van der Waals surface area (Å²) in [7, 11) is -3.50. The normalized spacial score (nSPS) is 21.8. The Balaban J connectivity index is 2.08. The van der Waals surface area contributed by atoms with Crippen molar-refractivity contribution in [2.75, 3.05) is 6.54 Å². The molecule has 3 rings (SSSR count). The van der Waals surface area contributed by atoms with Gasteiger partial charge in [-0.15, -0.1) is 0 Å². The fourth-order valence-electron chi connectivity index (χ4n) is 4.16. The van der Waals surface area contributed by atoms with Crippen molar-refractivity contribution in [1.82, 2.24) is 4.31 Å². The van der Waals surface area contributed by atoms with Crippen molar-refractivity contribution in [3.05, 3.63) is 53.6 Å². The molecule has 1 aliphatic carbocycles. The number of benzene rings is 1. The molecule has 0 N–H and O–H groups in total. The molecule has 1 aromatic rings. The molecule has 1 aliphatic heterocycles. The fourth-order valence-corrected chi connectivity index (χ4v) is 5.99. The van der Waals surface area contributed by atoms with E-state index >= 15 is 0 Å². The van der Waals surface area contributed by atoms with Gasteiger partial charge in [0.15, 0.2) is 0 Å². The molecule has 0 atom stereocenters. The van der Waals surface area contributed by atoms with Gasteiger partial charge >= 0.3 is 0 Å². The van der Waals surface area contributed by atoms with Crippen molar-refractivity contribution in [2.45, 2.75) is 56.4 Å². The largest absolute Gasteiger partial charge is 0.244 e. The highest BCUT2D eigenvalue weighted by atomic mass is 32.2. The van der Waals surface area contributed by atoms with Crippen molar-refractivity contribution >= 4 is 10.0 Å². The number of sulfonamides is 1. The summed E-state index contributed by atoms with van der Waals surface area (Å²) in [6, 6.07) is 7.18. The highest BCUT2D eigenvalue weighted by Crippen LogP contribution is 2.47. The number of nitrogens with zero attached hydrogens (tertiary/aromatic N) is 1. The van der Waals surface area contributed by atoms with Crippen molar-refractivity contribution < 1.29 is 8.42 Å². The Hall–Kier alpha value is -1.39. The van der Waals surface area contributed by atoms with Crippen LogP contribution in [0.5, 0.6) is 0 Å². The van der Waals surface area contributed by atoms with E-state index in [1.165, 1.54) is 6.42 Å². The Morgan fingerprint density at radius 1 is 1.09 bits per heavy atom. The zero-order valence-electron chi connectivity index (χ0n) is 14.0. The van der Waals surface area contributed by atoms with Crippen LogP contribution in [-0.2, 0) is 10.0 Å². The topological polar surface area (TPSA) is 37.4 Å². The lowest BCUT2D eigenvalue weighted by Gasteiger charge is -2.42. The SMILES string of the molecule is C=CC1=C(C)CN(S(=O)(=O)c2ccc(C)cc2)C12CCCCC2. The van der Waals surface area contributed by atoms with Crippen molar-refractivity contribution in [1.29, 1.82) is 0 Å². The minimum atomic E-state index is -3.50. The standard InChI is InChI=1S/C19H25NO2S/c1-4-18-16(3)14-20(19(18)12-6-5-7-13-19)23(21,22)17-10-8-15(2)9-11-17/h4,8-11H,1,5-7,12-14H2,2-3H3. The lowest BCUT2D eigenvalue weighted by Crippen LogP contribution is -2.50. The summed E-state index contributed by atoms with van der Waals surface area (Å²) in [5, 5.41) is 0. The number of hydrogen-bond donors (Lipinski definition) is 0. The zero-order chi connectivity index (χ0) is 16.7. The molecule has 1 heterocycles. The summed E-state index contributed by atoms with van der Waals surface area (Å²) in [6.07, 6.45) is 7.01. The van der Waals surface area contributed by atoms with Crippen LogP contribution in [0, 0.1) is 6.92 Å². The van der Waals surface area contributed by atoms with Crippen LogP contribution in [0.4, 0.5) is 0 Å². The molecule has 4 heteroatoms. The van der Waals surface area contributed by atoms with Gasteiger partial charge < -0.3 is 0 Å². The van der Waals surface area contributed by atoms with Crippen LogP contribution in [0.1, 0.15) is 44.6 Å². The van der Waals surface area contributed by atoms with E-state index in [-0.39, 0.29) is 5.54 Å². The molecular formula is C19H25NO2S. The Morgan fingerprint density at radius 2 is 1.70 bits per heavy atom. The number of hydrogen-bond acceptors (Lipinski definition) is 2. The zero-order valence-corrected chi connectivity index (χ0v) is 14.8. The maximum atomic E-state index is 13.3. The lowest BCUT2D eigenvalue weighted by atomic mass is 9.77. The molecule has 23 heavy (non-hydrogen) atoms. The first-order chi connectivity index (χ1) is 10.9. The van der Waals surface area contributed by atoms with Crippen LogP contribution in [0.15, 0.2) is 53.0 Å². The van der Waals surface area contributed by atoms with Crippen LogP contribution in [0.25, 0.3) is 0 Å². The van der Waals surface area contributed by atoms with E-state index in [4.69, 9.17) is 0 Å². The molecule has 0 bridgehead atoms. The highest BCUT2D eigenvalue weighted by molar-refractivity contribution is 7.89. The molecule has 3 nitrogen and oxygen atoms in total. The van der Waals surface area contributed by atoms with Crippen LogP contribution in [0.3, 0.4) is 0 Å². The molecule has 1 spiro atoms. The lowest BCUT2D eigenvalue weighted by molar-refractivity contribution is 0.198. The molecule has 0 saturated heterocycles. The summed E-state index contributed by atoms with van der Waals surface area (Å²) in [4.78, 5) is 0.395. The summed E-state index contributed by atoms with van der Waals surface area (Å²) >= 11 is 0. The van der Waals surface area contributed by atoms with E-state index in [1.807, 2.05) is 32.1 Å². The van der Waals surface area contributed by atoms with Gasteiger partial charge in [0.25, 0.3) is 0 Å². The van der Waals surface area contributed by atoms with E-state index in [1.54, 1.807) is 16.4 Å². The van der Waals surface area contributed by atoms with Crippen LogP contribution in [0.2, 0.25) is 0 Å². The molecule has 2 aliphatic rings. The van der Waals surface area contributed by atoms with Crippen LogP contribution >= 0.6 is 0 Å². The van der Waals surface area contributed by atoms with E-state index in [9.17, 15) is 8.42 Å². The second-order valence-electron chi connectivity index (χ2n) is 6.82. The molecule has 1 aromatic carbocycles. The Kier molecular flexibility index (Phi) is 4.23. The summed E-state index contributed by atoms with van der Waals surface area (Å²) in [5.74, 6) is 0. The summed E-state index contributed by atoms with van der Waals surface area (Å²) < 4.78 is 28.3. The van der Waals surface area contributed by atoms with Crippen molar-refractivity contribution in [2.24, 2.45) is 0 Å². The Morgan fingerprint density at radius 3 is 2.26 bits per heavy atom. The third-order valence-corrected chi connectivity index (χ3v) is 7.24. The molecular weight excluding hydrogens is 306 g/mol. The molecule has 0 aromatic heterocycles. The third-order valence-electron chi connectivity index (χ3n) is 5.31. The highest BCUT2D eigenvalue weighted by Gasteiger charge is 2.50. The van der Waals surface area contributed by atoms with Crippen molar-refractivity contribution in [3.63, 3.8) is 0 Å². The molecule has 0 amide bonds. The Labute approximate surface area is 139 Å². The first-order valence-electron chi connectivity index (χ1n) is 8.34. The van der Waals surface area contributed by atoms with Gasteiger partial charge in [-0.3, -0.25) is 0 Å². The minimum absolute atomic E-state index is 0.381. The monoisotopic (exact) mass is 331 g/mol. The van der Waals surface area contributed by atoms with Crippen LogP contribution < -0.4 is 0 Å². The van der Waals surface area contributed by atoms with Gasteiger partial charge in [-0.1, -0.05) is 55.2 Å². The first kappa shape index (κ1) is 16.5. The van der Waals surface area contributed by atoms with Gasteiger partial charge in [-0.2, -0.15) is 4.31 Å². The molecule has 124 valence electrons. The van der Waals surface area contributed by atoms with Crippen LogP contribution in [-0.4, -0.2) is 24.8 Å². The van der Waals surface area contributed by atoms with Gasteiger partial charge in [-0.25, -0.2) is 8.42 Å². The quantitative estimate of drug-likeness (QED) is 0.832. The van der Waals surface area contributed by atoms with E-state index < -0.39 is 10.0 Å². The summed E-state index contributed by atoms with van der Waals surface area (Å²) in [6.45, 7) is 8.46. The smallest absolute Gasteiger partial charge is 0.207 e. The molecule has 1 fully saturated rings. The third kappa shape index (κ3) is 2.58. The van der Waals surface area contributed by atoms with Gasteiger partial charge in [0.2, 0.25) is 10.0 Å². The van der Waals surface area contributed by atoms with E-state index in [2.05, 4.69) is 6.58 Å². The maximum absolute atomic E-state index is 13.3. The number of rotatable bonds is 3. The maximum Gasteiger partial charge on any atom is 0.244 e. The average molecular weight is 331 g/mol. The van der Waals surface area contributed by atoms with Gasteiger partial charge in [0.1, 0.15) is 0 Å². The average Bonchev–Trinajstić information content (AvgIpc) is 2.80. The van der Waals surface area contributed by atoms with Crippen molar-refractivity contribution in [3.8, 4) is 0 Å². The van der Waals surface area contributed by atoms with Gasteiger partial charge in [0.05, 0.1) is 10.4 Å². The van der Waals surface area contributed by atoms with Gasteiger partial charge in [-0.05, 0) is 44.4 Å². The summed E-state index contributed by atoms with van der Waals surface area (Å²) in [5.41, 5.74) is 2.96.